The third-order valence-electron chi connectivity index (χ3n) is 18.7. The summed E-state index contributed by atoms with van der Waals surface area (Å²) in [4.78, 5) is 16.5. The maximum Gasteiger partial charge on any atom is 0.164 e. The molecule has 17 aromatic rings. The van der Waals surface area contributed by atoms with Crippen LogP contribution >= 0.6 is 0 Å². The van der Waals surface area contributed by atoms with E-state index in [-0.39, 0.29) is 0 Å². The summed E-state index contributed by atoms with van der Waals surface area (Å²) in [7, 11) is 0. The molecular formula is C90H54N8. The van der Waals surface area contributed by atoms with Gasteiger partial charge in [0.1, 0.15) is 0 Å². The van der Waals surface area contributed by atoms with Crippen LogP contribution in [0.4, 0.5) is 0 Å². The average Bonchev–Trinajstić information content (AvgIpc) is 1.57. The number of fused-ring (bicyclic) bond motifs is 6. The van der Waals surface area contributed by atoms with Crippen LogP contribution in [0.1, 0.15) is 16.7 Å². The first kappa shape index (κ1) is 58.0. The lowest BCUT2D eigenvalue weighted by atomic mass is 9.96. The van der Waals surface area contributed by atoms with Gasteiger partial charge in [0.2, 0.25) is 0 Å². The number of benzene rings is 14. The fourth-order valence-electron chi connectivity index (χ4n) is 13.9. The Labute approximate surface area is 566 Å². The molecule has 3 heterocycles. The molecule has 3 aromatic heterocycles. The Morgan fingerprint density at radius 1 is 0.214 bits per heavy atom. The molecule has 0 amide bonds. The molecule has 0 spiro atoms. The van der Waals surface area contributed by atoms with E-state index in [4.69, 9.17) is 15.0 Å². The molecule has 8 nitrogen and oxygen atoms in total. The van der Waals surface area contributed by atoms with Crippen LogP contribution in [0, 0.1) is 34.0 Å². The summed E-state index contributed by atoms with van der Waals surface area (Å²) in [5.41, 5.74) is 23.4. The van der Waals surface area contributed by atoms with Gasteiger partial charge in [-0.15, -0.1) is 0 Å². The SMILES string of the molecule is N#Cc1ccc(-c2cccc(-c3nc(-c4ccc(-c5ccccc5C#N)c(-n5c6ccc(-c7ccccc7)cc6c6cc(-c7ccccc7)ccc65)c4)nc(-c4ccc(-c5ccccc5C#N)c(-n5c6ccc(-c7ccccc7)cc6c6cc(-c7ccccc7)ccc65)c4)n3)c2)cc1. The minimum atomic E-state index is 0.424. The maximum absolute atomic E-state index is 10.8. The third kappa shape index (κ3) is 10.4. The van der Waals surface area contributed by atoms with Crippen molar-refractivity contribution in [2.24, 2.45) is 0 Å². The summed E-state index contributed by atoms with van der Waals surface area (Å²) in [6, 6.07) is 120. The Morgan fingerprint density at radius 2 is 0.500 bits per heavy atom. The van der Waals surface area contributed by atoms with Gasteiger partial charge in [-0.2, -0.15) is 15.8 Å². The molecule has 0 aliphatic rings. The van der Waals surface area contributed by atoms with E-state index >= 15 is 0 Å². The molecule has 0 N–H and O–H groups in total. The minimum Gasteiger partial charge on any atom is -0.309 e. The topological polar surface area (TPSA) is 120 Å². The fraction of sp³-hybridized carbons (Fsp3) is 0. The van der Waals surface area contributed by atoms with Crippen molar-refractivity contribution in [3.8, 4) is 142 Å². The predicted molar refractivity (Wildman–Crippen MR) is 397 cm³/mol. The molecule has 0 aliphatic heterocycles. The van der Waals surface area contributed by atoms with Crippen molar-refractivity contribution in [1.82, 2.24) is 24.1 Å². The second-order valence-electron chi connectivity index (χ2n) is 24.4. The molecular weight excluding hydrogens is 1190 g/mol. The normalized spacial score (nSPS) is 11.2. The van der Waals surface area contributed by atoms with Crippen molar-refractivity contribution < 1.29 is 0 Å². The van der Waals surface area contributed by atoms with Gasteiger partial charge in [0.05, 0.1) is 68.3 Å². The Morgan fingerprint density at radius 3 is 0.857 bits per heavy atom. The van der Waals surface area contributed by atoms with Gasteiger partial charge in [-0.3, -0.25) is 0 Å². The van der Waals surface area contributed by atoms with Crippen LogP contribution in [-0.2, 0) is 0 Å². The van der Waals surface area contributed by atoms with Gasteiger partial charge in [-0.25, -0.2) is 15.0 Å². The van der Waals surface area contributed by atoms with Gasteiger partial charge in [-0.05, 0) is 147 Å². The first-order valence-corrected chi connectivity index (χ1v) is 32.5. The Kier molecular flexibility index (Phi) is 14.5. The van der Waals surface area contributed by atoms with E-state index in [1.165, 1.54) is 0 Å². The Balaban J connectivity index is 0.923. The maximum atomic E-state index is 10.8. The summed E-state index contributed by atoms with van der Waals surface area (Å²) in [6.45, 7) is 0. The summed E-state index contributed by atoms with van der Waals surface area (Å²) in [5.74, 6) is 1.29. The van der Waals surface area contributed by atoms with E-state index in [0.717, 1.165) is 138 Å². The highest BCUT2D eigenvalue weighted by Crippen LogP contribution is 2.45. The van der Waals surface area contributed by atoms with E-state index < -0.39 is 0 Å². The number of nitriles is 3. The highest BCUT2D eigenvalue weighted by atomic mass is 15.0. The zero-order valence-electron chi connectivity index (χ0n) is 52.8. The van der Waals surface area contributed by atoms with Gasteiger partial charge in [0.15, 0.2) is 17.5 Å². The first-order valence-electron chi connectivity index (χ1n) is 32.5. The van der Waals surface area contributed by atoms with E-state index in [1.807, 2.05) is 109 Å². The van der Waals surface area contributed by atoms with Crippen molar-refractivity contribution in [2.75, 3.05) is 0 Å². The fourth-order valence-corrected chi connectivity index (χ4v) is 13.9. The summed E-state index contributed by atoms with van der Waals surface area (Å²) in [5, 5.41) is 35.7. The van der Waals surface area contributed by atoms with Gasteiger partial charge in [0.25, 0.3) is 0 Å². The number of nitrogens with zero attached hydrogens (tertiary/aromatic N) is 8. The molecule has 454 valence electrons. The zero-order chi connectivity index (χ0) is 65.6. The van der Waals surface area contributed by atoms with Crippen LogP contribution in [0.2, 0.25) is 0 Å². The van der Waals surface area contributed by atoms with Crippen LogP contribution in [0.15, 0.2) is 328 Å². The number of rotatable bonds is 12. The molecule has 17 rings (SSSR count). The molecule has 98 heavy (non-hydrogen) atoms. The Bertz CT molecular complexity index is 5610. The van der Waals surface area contributed by atoms with Crippen molar-refractivity contribution in [3.05, 3.63) is 344 Å². The standard InChI is InChI=1S/C90H54N8/c91-55-58-32-34-63(35-33-58)64-28-17-29-69(48-64)88-94-89(70-36-42-76(74-30-15-13-26-72(74)56-92)86(53-70)97-82-44-38-65(59-18-5-1-6-19-59)49-78(82)79-50-66(39-45-83(79)97)60-20-7-2-8-21-60)96-90(95-88)71-37-43-77(75-31-16-14-27-73(75)57-93)87(54-71)98-84-46-40-67(61-22-9-3-10-23-61)51-80(84)81-52-68(41-47-85(81)98)62-24-11-4-12-25-62/h1-54H. The van der Waals surface area contributed by atoms with Gasteiger partial charge >= 0.3 is 0 Å². The molecule has 0 saturated carbocycles. The smallest absolute Gasteiger partial charge is 0.164 e. The van der Waals surface area contributed by atoms with Crippen LogP contribution in [0.5, 0.6) is 0 Å². The second kappa shape index (κ2) is 24.6. The van der Waals surface area contributed by atoms with Crippen LogP contribution < -0.4 is 0 Å². The minimum absolute atomic E-state index is 0.424. The van der Waals surface area contributed by atoms with E-state index in [0.29, 0.717) is 45.3 Å². The lowest BCUT2D eigenvalue weighted by Gasteiger charge is -2.18. The summed E-state index contributed by atoms with van der Waals surface area (Å²) >= 11 is 0. The van der Waals surface area contributed by atoms with Crippen molar-refractivity contribution in [2.45, 2.75) is 0 Å². The highest BCUT2D eigenvalue weighted by Gasteiger charge is 2.25. The first-order chi connectivity index (χ1) is 48.4. The van der Waals surface area contributed by atoms with Crippen LogP contribution in [0.25, 0.3) is 167 Å². The van der Waals surface area contributed by atoms with Gasteiger partial charge in [0, 0.05) is 60.5 Å². The molecule has 8 heteroatoms. The van der Waals surface area contributed by atoms with Gasteiger partial charge < -0.3 is 9.13 Å². The largest absolute Gasteiger partial charge is 0.309 e. The van der Waals surface area contributed by atoms with Crippen molar-refractivity contribution >= 4 is 43.6 Å². The van der Waals surface area contributed by atoms with Crippen molar-refractivity contribution in [1.29, 1.82) is 15.8 Å². The second-order valence-corrected chi connectivity index (χ2v) is 24.4. The molecule has 0 fully saturated rings. The van der Waals surface area contributed by atoms with Gasteiger partial charge in [-0.1, -0.05) is 237 Å². The molecule has 14 aromatic carbocycles. The lowest BCUT2D eigenvalue weighted by molar-refractivity contribution is 1.07. The van der Waals surface area contributed by atoms with Crippen LogP contribution in [0.3, 0.4) is 0 Å². The molecule has 0 atom stereocenters. The van der Waals surface area contributed by atoms with Crippen molar-refractivity contribution in [3.63, 3.8) is 0 Å². The lowest BCUT2D eigenvalue weighted by Crippen LogP contribution is -2.04. The molecule has 0 saturated heterocycles. The quantitative estimate of drug-likeness (QED) is 0.120. The zero-order valence-corrected chi connectivity index (χ0v) is 52.8. The molecule has 0 radical (unpaired) electrons. The number of aromatic nitrogens is 5. The summed E-state index contributed by atoms with van der Waals surface area (Å²) in [6.07, 6.45) is 0. The third-order valence-corrected chi connectivity index (χ3v) is 18.7. The average molecular weight is 1250 g/mol. The van der Waals surface area contributed by atoms with Crippen LogP contribution in [-0.4, -0.2) is 24.1 Å². The molecule has 0 aliphatic carbocycles. The summed E-state index contributed by atoms with van der Waals surface area (Å²) < 4.78 is 4.65. The predicted octanol–water partition coefficient (Wildman–Crippen LogP) is 22.4. The van der Waals surface area contributed by atoms with E-state index in [1.54, 1.807) is 0 Å². The molecule has 0 unspecified atom stereocenters. The molecule has 0 bridgehead atoms. The van der Waals surface area contributed by atoms with E-state index in [2.05, 4.69) is 246 Å². The monoisotopic (exact) mass is 1250 g/mol. The highest BCUT2D eigenvalue weighted by molar-refractivity contribution is 6.14. The Hall–Kier alpha value is -13.8. The number of hydrogen-bond donors (Lipinski definition) is 0. The number of hydrogen-bond acceptors (Lipinski definition) is 6. The van der Waals surface area contributed by atoms with E-state index in [9.17, 15) is 15.8 Å².